The van der Waals surface area contributed by atoms with Crippen molar-refractivity contribution in [1.29, 1.82) is 0 Å². The standard InChI is InChI=1S/C25H34O6/c1-14(2)17-13-16-9-10-18-24(4,5)11-8-12-25(18,23(28)30-7)20(16)19(22(27)29-6)21(17)31-15(3)26/h13-14,18H,8-12H2,1-7H3/t18?,25-/m1/s1. The maximum Gasteiger partial charge on any atom is 0.342 e. The Morgan fingerprint density at radius 3 is 2.32 bits per heavy atom. The minimum Gasteiger partial charge on any atom is -0.468 e. The number of benzene rings is 1. The molecule has 0 radical (unpaired) electrons. The van der Waals surface area contributed by atoms with Crippen LogP contribution in [0.4, 0.5) is 0 Å². The minimum absolute atomic E-state index is 0.00665. The molecule has 6 nitrogen and oxygen atoms in total. The average molecular weight is 431 g/mol. The van der Waals surface area contributed by atoms with E-state index in [9.17, 15) is 14.4 Å². The van der Waals surface area contributed by atoms with E-state index in [1.165, 1.54) is 21.1 Å². The molecule has 1 unspecified atom stereocenters. The molecule has 0 spiro atoms. The van der Waals surface area contributed by atoms with Crippen LogP contribution in [0.2, 0.25) is 0 Å². The number of rotatable bonds is 4. The van der Waals surface area contributed by atoms with Crippen LogP contribution in [0.25, 0.3) is 0 Å². The Bertz CT molecular complexity index is 913. The Morgan fingerprint density at radius 1 is 1.10 bits per heavy atom. The number of aryl methyl sites for hydroxylation is 1. The zero-order chi connectivity index (χ0) is 23.1. The number of methoxy groups -OCH3 is 2. The van der Waals surface area contributed by atoms with Gasteiger partial charge >= 0.3 is 17.9 Å². The third-order valence-corrected chi connectivity index (χ3v) is 7.28. The molecule has 2 aliphatic rings. The van der Waals surface area contributed by atoms with E-state index in [2.05, 4.69) is 13.8 Å². The van der Waals surface area contributed by atoms with E-state index >= 15 is 0 Å². The smallest absolute Gasteiger partial charge is 0.342 e. The first-order chi connectivity index (χ1) is 14.5. The van der Waals surface area contributed by atoms with Gasteiger partial charge in [-0.2, -0.15) is 0 Å². The second kappa shape index (κ2) is 8.29. The fourth-order valence-electron chi connectivity index (χ4n) is 6.03. The zero-order valence-electron chi connectivity index (χ0n) is 19.7. The van der Waals surface area contributed by atoms with Crippen molar-refractivity contribution in [2.75, 3.05) is 14.2 Å². The Morgan fingerprint density at radius 2 is 1.77 bits per heavy atom. The number of esters is 3. The molecule has 0 N–H and O–H groups in total. The van der Waals surface area contributed by atoms with Gasteiger partial charge in [0, 0.05) is 6.92 Å². The highest BCUT2D eigenvalue weighted by Crippen LogP contribution is 2.59. The molecule has 0 aromatic heterocycles. The monoisotopic (exact) mass is 430 g/mol. The summed E-state index contributed by atoms with van der Waals surface area (Å²) in [6.07, 6.45) is 4.01. The number of carbonyl (C=O) groups excluding carboxylic acids is 3. The van der Waals surface area contributed by atoms with Crippen molar-refractivity contribution < 1.29 is 28.6 Å². The lowest BCUT2D eigenvalue weighted by molar-refractivity contribution is -0.156. The van der Waals surface area contributed by atoms with Crippen LogP contribution in [-0.4, -0.2) is 32.1 Å². The van der Waals surface area contributed by atoms with Crippen molar-refractivity contribution in [2.24, 2.45) is 11.3 Å². The Kier molecular flexibility index (Phi) is 6.23. The lowest BCUT2D eigenvalue weighted by Crippen LogP contribution is -2.55. The first kappa shape index (κ1) is 23.3. The highest BCUT2D eigenvalue weighted by molar-refractivity contribution is 6.00. The minimum atomic E-state index is -0.974. The topological polar surface area (TPSA) is 78.9 Å². The zero-order valence-corrected chi connectivity index (χ0v) is 19.7. The molecular formula is C25H34O6. The van der Waals surface area contributed by atoms with Crippen LogP contribution in [0.3, 0.4) is 0 Å². The molecule has 2 atom stereocenters. The van der Waals surface area contributed by atoms with Gasteiger partial charge in [0.25, 0.3) is 0 Å². The molecule has 2 aliphatic carbocycles. The van der Waals surface area contributed by atoms with Gasteiger partial charge in [-0.1, -0.05) is 40.2 Å². The molecule has 170 valence electrons. The average Bonchev–Trinajstić information content (AvgIpc) is 2.70. The first-order valence-electron chi connectivity index (χ1n) is 11.1. The van der Waals surface area contributed by atoms with Crippen molar-refractivity contribution in [1.82, 2.24) is 0 Å². The van der Waals surface area contributed by atoms with Crippen LogP contribution >= 0.6 is 0 Å². The predicted octanol–water partition coefficient (Wildman–Crippen LogP) is 4.71. The highest BCUT2D eigenvalue weighted by Gasteiger charge is 2.59. The molecule has 1 fully saturated rings. The molecule has 0 saturated heterocycles. The fourth-order valence-corrected chi connectivity index (χ4v) is 6.03. The van der Waals surface area contributed by atoms with E-state index in [1.807, 2.05) is 19.9 Å². The van der Waals surface area contributed by atoms with Gasteiger partial charge in [0.15, 0.2) is 0 Å². The molecule has 0 aliphatic heterocycles. The molecule has 1 aromatic carbocycles. The lowest BCUT2D eigenvalue weighted by atomic mass is 9.49. The normalized spacial score (nSPS) is 24.1. The largest absolute Gasteiger partial charge is 0.468 e. The summed E-state index contributed by atoms with van der Waals surface area (Å²) >= 11 is 0. The summed E-state index contributed by atoms with van der Waals surface area (Å²) in [5.41, 5.74) is 1.47. The molecule has 0 amide bonds. The summed E-state index contributed by atoms with van der Waals surface area (Å²) in [5.74, 6) is -1.22. The van der Waals surface area contributed by atoms with Crippen LogP contribution in [-0.2, 0) is 30.9 Å². The molecular weight excluding hydrogens is 396 g/mol. The summed E-state index contributed by atoms with van der Waals surface area (Å²) in [7, 11) is 2.71. The SMILES string of the molecule is COC(=O)c1c(OC(C)=O)c(C(C)C)cc2c1[C@@]1(C(=O)OC)CCCC(C)(C)C1CC2. The van der Waals surface area contributed by atoms with E-state index in [1.54, 1.807) is 0 Å². The van der Waals surface area contributed by atoms with Gasteiger partial charge in [0.2, 0.25) is 0 Å². The van der Waals surface area contributed by atoms with E-state index in [0.29, 0.717) is 12.0 Å². The van der Waals surface area contributed by atoms with Crippen LogP contribution in [0, 0.1) is 11.3 Å². The Hall–Kier alpha value is -2.37. The number of fused-ring (bicyclic) bond motifs is 3. The van der Waals surface area contributed by atoms with Gasteiger partial charge in [-0.25, -0.2) is 4.79 Å². The van der Waals surface area contributed by atoms with E-state index < -0.39 is 17.4 Å². The van der Waals surface area contributed by atoms with Crippen molar-refractivity contribution >= 4 is 17.9 Å². The van der Waals surface area contributed by atoms with Crippen molar-refractivity contribution in [3.05, 3.63) is 28.3 Å². The third-order valence-electron chi connectivity index (χ3n) is 7.28. The lowest BCUT2D eigenvalue weighted by Gasteiger charge is -2.54. The molecule has 1 saturated carbocycles. The van der Waals surface area contributed by atoms with Crippen LogP contribution in [0.5, 0.6) is 5.75 Å². The highest BCUT2D eigenvalue weighted by atomic mass is 16.5. The molecule has 6 heteroatoms. The number of hydrogen-bond donors (Lipinski definition) is 0. The summed E-state index contributed by atoms with van der Waals surface area (Å²) in [5, 5.41) is 0. The summed E-state index contributed by atoms with van der Waals surface area (Å²) in [4.78, 5) is 38.7. The molecule has 31 heavy (non-hydrogen) atoms. The van der Waals surface area contributed by atoms with Gasteiger partial charge in [-0.05, 0) is 59.6 Å². The fraction of sp³-hybridized carbons (Fsp3) is 0.640. The summed E-state index contributed by atoms with van der Waals surface area (Å²) < 4.78 is 16.2. The van der Waals surface area contributed by atoms with Gasteiger partial charge < -0.3 is 14.2 Å². The Balaban J connectivity index is 2.47. The van der Waals surface area contributed by atoms with Crippen molar-refractivity contribution in [3.63, 3.8) is 0 Å². The number of hydrogen-bond acceptors (Lipinski definition) is 6. The summed E-state index contributed by atoms with van der Waals surface area (Å²) in [6.45, 7) is 9.66. The van der Waals surface area contributed by atoms with Crippen LogP contribution in [0.15, 0.2) is 6.07 Å². The molecule has 1 aromatic rings. The molecule has 0 bridgehead atoms. The predicted molar refractivity (Wildman–Crippen MR) is 116 cm³/mol. The van der Waals surface area contributed by atoms with E-state index in [4.69, 9.17) is 14.2 Å². The van der Waals surface area contributed by atoms with Gasteiger partial charge in [0.1, 0.15) is 11.3 Å². The van der Waals surface area contributed by atoms with E-state index in [0.717, 1.165) is 36.8 Å². The first-order valence-corrected chi connectivity index (χ1v) is 11.1. The maximum atomic E-state index is 13.5. The van der Waals surface area contributed by atoms with Gasteiger partial charge in [-0.3, -0.25) is 9.59 Å². The quantitative estimate of drug-likeness (QED) is 0.509. The second-order valence-corrected chi connectivity index (χ2v) is 9.84. The third kappa shape index (κ3) is 3.64. The number of carbonyl (C=O) groups is 3. The van der Waals surface area contributed by atoms with Gasteiger partial charge in [0.05, 0.1) is 19.6 Å². The maximum absolute atomic E-state index is 13.5. The van der Waals surface area contributed by atoms with Gasteiger partial charge in [-0.15, -0.1) is 0 Å². The molecule has 3 rings (SSSR count). The summed E-state index contributed by atoms with van der Waals surface area (Å²) in [6, 6.07) is 2.01. The van der Waals surface area contributed by atoms with Crippen molar-refractivity contribution in [3.8, 4) is 5.75 Å². The molecule has 0 heterocycles. The Labute approximate surface area is 184 Å². The number of ether oxygens (including phenoxy) is 3. The van der Waals surface area contributed by atoms with Crippen molar-refractivity contribution in [2.45, 2.75) is 78.1 Å². The second-order valence-electron chi connectivity index (χ2n) is 9.84. The van der Waals surface area contributed by atoms with E-state index in [-0.39, 0.29) is 34.5 Å². The van der Waals surface area contributed by atoms with Crippen LogP contribution < -0.4 is 4.74 Å². The van der Waals surface area contributed by atoms with Crippen LogP contribution in [0.1, 0.15) is 93.3 Å².